The molecule has 0 saturated heterocycles. The fourth-order valence-electron chi connectivity index (χ4n) is 4.11. The molecule has 29 heavy (non-hydrogen) atoms. The molecule has 0 bridgehead atoms. The predicted molar refractivity (Wildman–Crippen MR) is 120 cm³/mol. The van der Waals surface area contributed by atoms with E-state index in [1.165, 1.54) is 34.0 Å². The van der Waals surface area contributed by atoms with E-state index in [0.717, 1.165) is 53.3 Å². The van der Waals surface area contributed by atoms with Gasteiger partial charge in [-0.1, -0.05) is 32.5 Å². The van der Waals surface area contributed by atoms with Gasteiger partial charge in [0.05, 0.1) is 11.1 Å². The molecule has 3 aromatic heterocycles. The molecule has 1 aliphatic carbocycles. The van der Waals surface area contributed by atoms with Crippen molar-refractivity contribution in [2.45, 2.75) is 65.0 Å². The summed E-state index contributed by atoms with van der Waals surface area (Å²) in [7, 11) is 0. The van der Waals surface area contributed by atoms with Crippen molar-refractivity contribution in [3.8, 4) is 0 Å². The lowest BCUT2D eigenvalue weighted by Gasteiger charge is -2.18. The van der Waals surface area contributed by atoms with Crippen LogP contribution in [0, 0.1) is 5.92 Å². The van der Waals surface area contributed by atoms with Crippen molar-refractivity contribution < 1.29 is 4.79 Å². The van der Waals surface area contributed by atoms with Crippen LogP contribution >= 0.6 is 23.1 Å². The second-order valence-corrected chi connectivity index (χ2v) is 10.2. The van der Waals surface area contributed by atoms with E-state index in [4.69, 9.17) is 4.98 Å². The molecule has 0 saturated carbocycles. The highest BCUT2D eigenvalue weighted by Gasteiger charge is 2.26. The molecular formula is C21H29N5OS2. The van der Waals surface area contributed by atoms with Gasteiger partial charge in [0.25, 0.3) is 0 Å². The molecule has 0 unspecified atom stereocenters. The minimum Gasteiger partial charge on any atom is -0.343 e. The van der Waals surface area contributed by atoms with Gasteiger partial charge in [0.1, 0.15) is 10.7 Å². The van der Waals surface area contributed by atoms with Gasteiger partial charge < -0.3 is 4.90 Å². The smallest absolute Gasteiger partial charge is 0.233 e. The van der Waals surface area contributed by atoms with Gasteiger partial charge in [-0.2, -0.15) is 0 Å². The molecule has 1 amide bonds. The maximum Gasteiger partial charge on any atom is 0.233 e. The largest absolute Gasteiger partial charge is 0.343 e. The standard InChI is InChI=1S/C21H29N5OS2/c1-6-25(7-2)16(27)11-28-21-24-23-19-17-14-9-8-13(5)10-15(14)29-20(17)22-18(12(3)4)26(19)21/h12-13H,6-11H2,1-5H3/t13-/m0/s1. The van der Waals surface area contributed by atoms with Crippen molar-refractivity contribution in [1.82, 2.24) is 24.5 Å². The number of thiophene rings is 1. The first-order valence-electron chi connectivity index (χ1n) is 10.5. The third-order valence-corrected chi connectivity index (χ3v) is 7.81. The summed E-state index contributed by atoms with van der Waals surface area (Å²) in [6.07, 6.45) is 3.43. The Morgan fingerprint density at radius 1 is 1.31 bits per heavy atom. The second-order valence-electron chi connectivity index (χ2n) is 8.15. The molecule has 0 spiro atoms. The van der Waals surface area contributed by atoms with Crippen LogP contribution in [0.3, 0.4) is 0 Å². The van der Waals surface area contributed by atoms with Gasteiger partial charge in [-0.3, -0.25) is 9.20 Å². The fraction of sp³-hybridized carbons (Fsp3) is 0.619. The van der Waals surface area contributed by atoms with E-state index in [2.05, 4.69) is 35.4 Å². The Kier molecular flexibility index (Phi) is 5.84. The summed E-state index contributed by atoms with van der Waals surface area (Å²) in [6, 6.07) is 0. The van der Waals surface area contributed by atoms with Gasteiger partial charge in [-0.15, -0.1) is 21.5 Å². The summed E-state index contributed by atoms with van der Waals surface area (Å²) in [5, 5.41) is 11.0. The molecule has 4 rings (SSSR count). The molecule has 3 heterocycles. The SMILES string of the molecule is CCN(CC)C(=O)CSc1nnc2c3c4c(sc3nc(C(C)C)n12)C[C@@H](C)CC4. The number of rotatable bonds is 6. The molecule has 0 aliphatic heterocycles. The lowest BCUT2D eigenvalue weighted by atomic mass is 9.89. The first-order chi connectivity index (χ1) is 13.9. The van der Waals surface area contributed by atoms with Crippen LogP contribution in [0.4, 0.5) is 0 Å². The molecule has 156 valence electrons. The average Bonchev–Trinajstić information content (AvgIpc) is 3.26. The Morgan fingerprint density at radius 3 is 2.76 bits per heavy atom. The molecule has 8 heteroatoms. The van der Waals surface area contributed by atoms with E-state index in [1.807, 2.05) is 30.1 Å². The fourth-order valence-corrected chi connectivity index (χ4v) is 6.34. The van der Waals surface area contributed by atoms with E-state index in [-0.39, 0.29) is 11.8 Å². The molecule has 1 atom stereocenters. The zero-order chi connectivity index (χ0) is 20.7. The maximum atomic E-state index is 12.5. The number of carbonyl (C=O) groups excluding carboxylic acids is 1. The van der Waals surface area contributed by atoms with E-state index >= 15 is 0 Å². The summed E-state index contributed by atoms with van der Waals surface area (Å²) in [5.41, 5.74) is 2.32. The van der Waals surface area contributed by atoms with Crippen LogP contribution in [0.25, 0.3) is 15.9 Å². The molecule has 0 fully saturated rings. The highest BCUT2D eigenvalue weighted by molar-refractivity contribution is 7.99. The molecule has 0 radical (unpaired) electrons. The Hall–Kier alpha value is -1.67. The van der Waals surface area contributed by atoms with Crippen LogP contribution in [0.1, 0.15) is 63.2 Å². The van der Waals surface area contributed by atoms with Gasteiger partial charge in [-0.25, -0.2) is 4.98 Å². The number of hydrogen-bond acceptors (Lipinski definition) is 6. The quantitative estimate of drug-likeness (QED) is 0.536. The normalized spacial score (nSPS) is 16.7. The number of thioether (sulfide) groups is 1. The summed E-state index contributed by atoms with van der Waals surface area (Å²) < 4.78 is 2.10. The highest BCUT2D eigenvalue weighted by atomic mass is 32.2. The van der Waals surface area contributed by atoms with Crippen molar-refractivity contribution in [1.29, 1.82) is 0 Å². The van der Waals surface area contributed by atoms with Crippen LogP contribution < -0.4 is 0 Å². The predicted octanol–water partition coefficient (Wildman–Crippen LogP) is 4.55. The van der Waals surface area contributed by atoms with Gasteiger partial charge in [0.15, 0.2) is 10.8 Å². The Balaban J connectivity index is 1.79. The first kappa shape index (κ1) is 20.6. The summed E-state index contributed by atoms with van der Waals surface area (Å²) in [4.78, 5) is 21.9. The lowest BCUT2D eigenvalue weighted by Crippen LogP contribution is -2.31. The number of carbonyl (C=O) groups is 1. The average molecular weight is 432 g/mol. The Labute approximate surface area is 180 Å². The lowest BCUT2D eigenvalue weighted by molar-refractivity contribution is -0.127. The van der Waals surface area contributed by atoms with Crippen LogP contribution in [0.5, 0.6) is 0 Å². The van der Waals surface area contributed by atoms with Crippen LogP contribution in [0.2, 0.25) is 0 Å². The van der Waals surface area contributed by atoms with Crippen molar-refractivity contribution >= 4 is 44.9 Å². The summed E-state index contributed by atoms with van der Waals surface area (Å²) in [5.74, 6) is 2.46. The van der Waals surface area contributed by atoms with Gasteiger partial charge >= 0.3 is 0 Å². The maximum absolute atomic E-state index is 12.5. The Morgan fingerprint density at radius 2 is 2.07 bits per heavy atom. The van der Waals surface area contributed by atoms with Crippen LogP contribution in [-0.2, 0) is 17.6 Å². The number of nitrogens with zero attached hydrogens (tertiary/aromatic N) is 5. The van der Waals surface area contributed by atoms with Crippen LogP contribution in [-0.4, -0.2) is 49.2 Å². The second kappa shape index (κ2) is 8.22. The zero-order valence-corrected chi connectivity index (χ0v) is 19.5. The molecule has 0 aromatic carbocycles. The van der Waals surface area contributed by atoms with E-state index in [9.17, 15) is 4.79 Å². The topological polar surface area (TPSA) is 63.4 Å². The number of aryl methyl sites for hydroxylation is 1. The number of hydrogen-bond donors (Lipinski definition) is 0. The highest BCUT2D eigenvalue weighted by Crippen LogP contribution is 2.40. The summed E-state index contributed by atoms with van der Waals surface area (Å²) in [6.45, 7) is 12.1. The first-order valence-corrected chi connectivity index (χ1v) is 12.3. The number of aromatic nitrogens is 4. The molecule has 1 aliphatic rings. The van der Waals surface area contributed by atoms with Gasteiger partial charge in [0, 0.05) is 23.9 Å². The third kappa shape index (κ3) is 3.65. The monoisotopic (exact) mass is 431 g/mol. The number of amides is 1. The van der Waals surface area contributed by atoms with E-state index in [1.54, 1.807) is 0 Å². The Bertz CT molecular complexity index is 1050. The van der Waals surface area contributed by atoms with Gasteiger partial charge in [-0.05, 0) is 44.6 Å². The molecular weight excluding hydrogens is 402 g/mol. The molecule has 6 nitrogen and oxygen atoms in total. The van der Waals surface area contributed by atoms with Crippen LogP contribution in [0.15, 0.2) is 5.16 Å². The molecule has 0 N–H and O–H groups in total. The van der Waals surface area contributed by atoms with Crippen molar-refractivity contribution in [3.05, 3.63) is 16.3 Å². The minimum atomic E-state index is 0.138. The minimum absolute atomic E-state index is 0.138. The van der Waals surface area contributed by atoms with Crippen molar-refractivity contribution in [2.24, 2.45) is 5.92 Å². The van der Waals surface area contributed by atoms with Crippen molar-refractivity contribution in [2.75, 3.05) is 18.8 Å². The summed E-state index contributed by atoms with van der Waals surface area (Å²) >= 11 is 3.29. The van der Waals surface area contributed by atoms with E-state index < -0.39 is 0 Å². The van der Waals surface area contributed by atoms with E-state index in [0.29, 0.717) is 5.75 Å². The number of fused-ring (bicyclic) bond motifs is 5. The van der Waals surface area contributed by atoms with Gasteiger partial charge in [0.2, 0.25) is 5.91 Å². The molecule has 3 aromatic rings. The van der Waals surface area contributed by atoms with Crippen molar-refractivity contribution in [3.63, 3.8) is 0 Å². The zero-order valence-electron chi connectivity index (χ0n) is 17.9. The third-order valence-electron chi connectivity index (χ3n) is 5.75.